The molecule has 0 aromatic heterocycles. The van der Waals surface area contributed by atoms with Crippen LogP contribution in [0.2, 0.25) is 5.02 Å². The van der Waals surface area contributed by atoms with Crippen molar-refractivity contribution in [3.05, 3.63) is 94.0 Å². The number of amides is 2. The average Bonchev–Trinajstić information content (AvgIpc) is 2.78. The molecule has 3 rings (SSSR count). The SMILES string of the molecule is Cc1ccc(C(=O)NNC(=O)c2ccc(COc3ccc(Cl)cc3)cc2)cc1NS(C)(=O)=O. The summed E-state index contributed by atoms with van der Waals surface area (Å²) < 4.78 is 31.0. The first-order chi connectivity index (χ1) is 15.6. The van der Waals surface area contributed by atoms with E-state index in [2.05, 4.69) is 15.6 Å². The zero-order valence-corrected chi connectivity index (χ0v) is 19.5. The van der Waals surface area contributed by atoms with Gasteiger partial charge in [0.1, 0.15) is 12.4 Å². The van der Waals surface area contributed by atoms with Gasteiger partial charge in [-0.3, -0.25) is 25.2 Å². The fourth-order valence-electron chi connectivity index (χ4n) is 2.78. The number of hydrogen-bond donors (Lipinski definition) is 3. The Balaban J connectivity index is 1.55. The van der Waals surface area contributed by atoms with Gasteiger partial charge in [-0.05, 0) is 66.6 Å². The van der Waals surface area contributed by atoms with Crippen LogP contribution in [0, 0.1) is 6.92 Å². The Labute approximate surface area is 196 Å². The smallest absolute Gasteiger partial charge is 0.269 e. The number of carbonyl (C=O) groups excluding carboxylic acids is 2. The Kier molecular flexibility index (Phi) is 7.57. The highest BCUT2D eigenvalue weighted by Gasteiger charge is 2.12. The predicted molar refractivity (Wildman–Crippen MR) is 127 cm³/mol. The lowest BCUT2D eigenvalue weighted by atomic mass is 10.1. The fourth-order valence-corrected chi connectivity index (χ4v) is 3.53. The minimum absolute atomic E-state index is 0.182. The summed E-state index contributed by atoms with van der Waals surface area (Å²) in [6.45, 7) is 2.03. The molecule has 0 fully saturated rings. The minimum Gasteiger partial charge on any atom is -0.489 e. The highest BCUT2D eigenvalue weighted by atomic mass is 35.5. The quantitative estimate of drug-likeness (QED) is 0.440. The van der Waals surface area contributed by atoms with Crippen LogP contribution in [0.4, 0.5) is 5.69 Å². The molecule has 33 heavy (non-hydrogen) atoms. The van der Waals surface area contributed by atoms with Crippen molar-refractivity contribution in [3.8, 4) is 5.75 Å². The van der Waals surface area contributed by atoms with Crippen LogP contribution in [0.1, 0.15) is 31.8 Å². The van der Waals surface area contributed by atoms with Crippen molar-refractivity contribution in [3.63, 3.8) is 0 Å². The van der Waals surface area contributed by atoms with E-state index in [-0.39, 0.29) is 11.3 Å². The van der Waals surface area contributed by atoms with Crippen LogP contribution < -0.4 is 20.3 Å². The molecule has 0 aliphatic heterocycles. The van der Waals surface area contributed by atoms with E-state index in [9.17, 15) is 18.0 Å². The van der Waals surface area contributed by atoms with E-state index >= 15 is 0 Å². The fraction of sp³-hybridized carbons (Fsp3) is 0.130. The number of sulfonamides is 1. The Morgan fingerprint density at radius 1 is 0.879 bits per heavy atom. The van der Waals surface area contributed by atoms with Gasteiger partial charge in [-0.2, -0.15) is 0 Å². The molecule has 0 saturated heterocycles. The molecule has 2 amide bonds. The molecule has 0 saturated carbocycles. The van der Waals surface area contributed by atoms with E-state index < -0.39 is 21.8 Å². The van der Waals surface area contributed by atoms with E-state index in [0.29, 0.717) is 28.5 Å². The molecule has 0 atom stereocenters. The van der Waals surface area contributed by atoms with Gasteiger partial charge in [0.05, 0.1) is 11.9 Å². The number of anilines is 1. The number of aryl methyl sites for hydroxylation is 1. The molecule has 10 heteroatoms. The van der Waals surface area contributed by atoms with Gasteiger partial charge in [0, 0.05) is 16.1 Å². The maximum Gasteiger partial charge on any atom is 0.269 e. The molecule has 0 aliphatic carbocycles. The molecular weight excluding hydrogens is 466 g/mol. The molecule has 0 aliphatic rings. The zero-order valence-electron chi connectivity index (χ0n) is 17.9. The van der Waals surface area contributed by atoms with Crippen molar-refractivity contribution < 1.29 is 22.7 Å². The van der Waals surface area contributed by atoms with Gasteiger partial charge in [-0.15, -0.1) is 0 Å². The molecule has 172 valence electrons. The molecule has 8 nitrogen and oxygen atoms in total. The van der Waals surface area contributed by atoms with Crippen molar-refractivity contribution in [2.24, 2.45) is 0 Å². The van der Waals surface area contributed by atoms with Crippen LogP contribution in [0.5, 0.6) is 5.75 Å². The van der Waals surface area contributed by atoms with Crippen molar-refractivity contribution in [1.29, 1.82) is 0 Å². The third-order valence-electron chi connectivity index (χ3n) is 4.52. The second-order valence-corrected chi connectivity index (χ2v) is 9.44. The lowest BCUT2D eigenvalue weighted by Gasteiger charge is -2.11. The number of hydrazine groups is 1. The van der Waals surface area contributed by atoms with E-state index in [1.807, 2.05) is 0 Å². The Morgan fingerprint density at radius 3 is 2.06 bits per heavy atom. The number of benzene rings is 3. The van der Waals surface area contributed by atoms with E-state index in [0.717, 1.165) is 11.8 Å². The first-order valence-corrected chi connectivity index (χ1v) is 12.0. The molecule has 0 unspecified atom stereocenters. The molecule has 0 radical (unpaired) electrons. The number of nitrogens with one attached hydrogen (secondary N) is 3. The zero-order chi connectivity index (χ0) is 24.0. The lowest BCUT2D eigenvalue weighted by molar-refractivity contribution is 0.0846. The van der Waals surface area contributed by atoms with Crippen LogP contribution in [0.25, 0.3) is 0 Å². The second-order valence-electron chi connectivity index (χ2n) is 7.25. The topological polar surface area (TPSA) is 114 Å². The molecular formula is C23H22ClN3O5S. The van der Waals surface area contributed by atoms with Gasteiger partial charge >= 0.3 is 0 Å². The standard InChI is InChI=1S/C23H22ClN3O5S/c1-15-3-6-18(13-21(15)27-33(2,30)31)23(29)26-25-22(28)17-7-4-16(5-8-17)14-32-20-11-9-19(24)10-12-20/h3-13,27H,14H2,1-2H3,(H,25,28)(H,26,29). The van der Waals surface area contributed by atoms with Crippen molar-refractivity contribution in [2.45, 2.75) is 13.5 Å². The van der Waals surface area contributed by atoms with Crippen LogP contribution >= 0.6 is 11.6 Å². The molecule has 3 aromatic rings. The summed E-state index contributed by atoms with van der Waals surface area (Å²) in [5.74, 6) is -0.419. The molecule has 0 bridgehead atoms. The second kappa shape index (κ2) is 10.4. The number of rotatable bonds is 7. The van der Waals surface area contributed by atoms with Crippen LogP contribution in [-0.2, 0) is 16.6 Å². The summed E-state index contributed by atoms with van der Waals surface area (Å²) in [5.41, 5.74) is 6.98. The van der Waals surface area contributed by atoms with Gasteiger partial charge < -0.3 is 4.74 Å². The number of ether oxygens (including phenoxy) is 1. The maximum absolute atomic E-state index is 12.4. The Bertz CT molecular complexity index is 1260. The number of carbonyl (C=O) groups is 2. The van der Waals surface area contributed by atoms with Gasteiger partial charge in [-0.25, -0.2) is 8.42 Å². The van der Waals surface area contributed by atoms with Crippen LogP contribution in [0.3, 0.4) is 0 Å². The molecule has 3 aromatic carbocycles. The Hall–Kier alpha value is -3.56. The average molecular weight is 488 g/mol. The highest BCUT2D eigenvalue weighted by molar-refractivity contribution is 7.92. The first kappa shape index (κ1) is 24.1. The highest BCUT2D eigenvalue weighted by Crippen LogP contribution is 2.18. The third kappa shape index (κ3) is 7.23. The van der Waals surface area contributed by atoms with Crippen molar-refractivity contribution >= 4 is 39.1 Å². The summed E-state index contributed by atoms with van der Waals surface area (Å²) in [7, 11) is -3.49. The lowest BCUT2D eigenvalue weighted by Crippen LogP contribution is -2.41. The molecule has 3 N–H and O–H groups in total. The minimum atomic E-state index is -3.49. The molecule has 0 spiro atoms. The van der Waals surface area contributed by atoms with Gasteiger partial charge in [-0.1, -0.05) is 29.8 Å². The van der Waals surface area contributed by atoms with Gasteiger partial charge in [0.15, 0.2) is 0 Å². The van der Waals surface area contributed by atoms with Crippen LogP contribution in [0.15, 0.2) is 66.7 Å². The normalized spacial score (nSPS) is 10.9. The summed E-state index contributed by atoms with van der Waals surface area (Å²) in [6, 6.07) is 18.2. The summed E-state index contributed by atoms with van der Waals surface area (Å²) >= 11 is 5.85. The summed E-state index contributed by atoms with van der Waals surface area (Å²) in [4.78, 5) is 24.7. The van der Waals surface area contributed by atoms with E-state index in [1.54, 1.807) is 61.5 Å². The monoisotopic (exact) mass is 487 g/mol. The predicted octanol–water partition coefficient (Wildman–Crippen LogP) is 3.67. The Morgan fingerprint density at radius 2 is 1.45 bits per heavy atom. The largest absolute Gasteiger partial charge is 0.489 e. The summed E-state index contributed by atoms with van der Waals surface area (Å²) in [6.07, 6.45) is 1.02. The van der Waals surface area contributed by atoms with Crippen molar-refractivity contribution in [2.75, 3.05) is 11.0 Å². The van der Waals surface area contributed by atoms with Crippen LogP contribution in [-0.4, -0.2) is 26.5 Å². The van der Waals surface area contributed by atoms with E-state index in [1.165, 1.54) is 12.1 Å². The number of hydrogen-bond acceptors (Lipinski definition) is 5. The van der Waals surface area contributed by atoms with Crippen molar-refractivity contribution in [1.82, 2.24) is 10.9 Å². The first-order valence-electron chi connectivity index (χ1n) is 9.77. The van der Waals surface area contributed by atoms with Gasteiger partial charge in [0.2, 0.25) is 10.0 Å². The number of halogens is 1. The third-order valence-corrected chi connectivity index (χ3v) is 5.36. The molecule has 0 heterocycles. The maximum atomic E-state index is 12.4. The van der Waals surface area contributed by atoms with E-state index in [4.69, 9.17) is 16.3 Å². The van der Waals surface area contributed by atoms with Gasteiger partial charge in [0.25, 0.3) is 11.8 Å². The summed E-state index contributed by atoms with van der Waals surface area (Å²) in [5, 5.41) is 0.623.